The van der Waals surface area contributed by atoms with E-state index < -0.39 is 0 Å². The maximum Gasteiger partial charge on any atom is 0.127 e. The van der Waals surface area contributed by atoms with Crippen molar-refractivity contribution in [2.45, 2.75) is 13.0 Å². The summed E-state index contributed by atoms with van der Waals surface area (Å²) in [6, 6.07) is 5.92. The van der Waals surface area contributed by atoms with Gasteiger partial charge in [-0.1, -0.05) is 0 Å². The van der Waals surface area contributed by atoms with Crippen LogP contribution in [0.4, 0.5) is 0 Å². The highest BCUT2D eigenvalue weighted by Crippen LogP contribution is 2.29. The highest BCUT2D eigenvalue weighted by atomic mass is 16.5. The number of hydrogen-bond donors (Lipinski definition) is 1. The van der Waals surface area contributed by atoms with Crippen LogP contribution in [-0.4, -0.2) is 34.5 Å². The van der Waals surface area contributed by atoms with Crippen LogP contribution in [0.5, 0.6) is 11.5 Å². The number of hydrogen-bond acceptors (Lipinski definition) is 4. The summed E-state index contributed by atoms with van der Waals surface area (Å²) in [5, 5.41) is 3.22. The molecule has 0 aliphatic heterocycles. The van der Waals surface area contributed by atoms with Gasteiger partial charge in [-0.05, 0) is 26.1 Å². The van der Waals surface area contributed by atoms with Gasteiger partial charge in [0.1, 0.15) is 11.5 Å². The van der Waals surface area contributed by atoms with E-state index in [0.29, 0.717) is 13.2 Å². The minimum Gasteiger partial charge on any atom is -0.497 e. The van der Waals surface area contributed by atoms with Crippen molar-refractivity contribution in [3.05, 3.63) is 23.8 Å². The van der Waals surface area contributed by atoms with Gasteiger partial charge in [-0.25, -0.2) is 0 Å². The Balaban J connectivity index is 2.93. The molecule has 0 saturated heterocycles. The molecule has 4 nitrogen and oxygen atoms in total. The molecule has 0 bridgehead atoms. The van der Waals surface area contributed by atoms with Gasteiger partial charge in [0.15, 0.2) is 0 Å². The van der Waals surface area contributed by atoms with Crippen molar-refractivity contribution < 1.29 is 14.2 Å². The number of ether oxygens (including phenoxy) is 3. The largest absolute Gasteiger partial charge is 0.497 e. The van der Waals surface area contributed by atoms with Crippen LogP contribution < -0.4 is 14.8 Å². The molecule has 0 heterocycles. The summed E-state index contributed by atoms with van der Waals surface area (Å²) in [7, 11) is 5.21. The zero-order chi connectivity index (χ0) is 12.7. The van der Waals surface area contributed by atoms with Crippen molar-refractivity contribution in [3.8, 4) is 11.5 Å². The van der Waals surface area contributed by atoms with E-state index in [0.717, 1.165) is 17.1 Å². The molecule has 0 spiro atoms. The molecule has 1 N–H and O–H groups in total. The molecule has 1 rings (SSSR count). The average molecular weight is 239 g/mol. The summed E-state index contributed by atoms with van der Waals surface area (Å²) in [5.41, 5.74) is 1.07. The van der Waals surface area contributed by atoms with E-state index in [4.69, 9.17) is 14.2 Å². The zero-order valence-electron chi connectivity index (χ0n) is 10.9. The second kappa shape index (κ2) is 7.14. The van der Waals surface area contributed by atoms with E-state index >= 15 is 0 Å². The molecule has 0 saturated carbocycles. The smallest absolute Gasteiger partial charge is 0.127 e. The lowest BCUT2D eigenvalue weighted by molar-refractivity contribution is 0.124. The van der Waals surface area contributed by atoms with Crippen molar-refractivity contribution >= 4 is 0 Å². The fraction of sp³-hybridized carbons (Fsp3) is 0.538. The van der Waals surface area contributed by atoms with E-state index in [1.165, 1.54) is 0 Å². The SMILES string of the molecule is CCOCC(NC)c1ccc(OC)cc1OC. The average Bonchev–Trinajstić information content (AvgIpc) is 2.39. The minimum atomic E-state index is 0.121. The van der Waals surface area contributed by atoms with Gasteiger partial charge in [-0.3, -0.25) is 0 Å². The molecule has 0 aromatic heterocycles. The Labute approximate surface area is 103 Å². The van der Waals surface area contributed by atoms with E-state index in [2.05, 4.69) is 5.32 Å². The second-order valence-electron chi connectivity index (χ2n) is 3.61. The predicted octanol–water partition coefficient (Wildman–Crippen LogP) is 2.00. The van der Waals surface area contributed by atoms with Gasteiger partial charge >= 0.3 is 0 Å². The zero-order valence-corrected chi connectivity index (χ0v) is 10.9. The lowest BCUT2D eigenvalue weighted by Crippen LogP contribution is -2.22. The molecule has 0 amide bonds. The van der Waals surface area contributed by atoms with Crippen LogP contribution in [0, 0.1) is 0 Å². The molecule has 96 valence electrons. The Morgan fingerprint density at radius 2 is 2.00 bits per heavy atom. The van der Waals surface area contributed by atoms with E-state index in [1.54, 1.807) is 14.2 Å². The highest BCUT2D eigenvalue weighted by molar-refractivity contribution is 5.42. The first-order chi connectivity index (χ1) is 8.26. The van der Waals surface area contributed by atoms with Crippen molar-refractivity contribution in [2.24, 2.45) is 0 Å². The third kappa shape index (κ3) is 3.61. The molecule has 0 radical (unpaired) electrons. The van der Waals surface area contributed by atoms with Crippen LogP contribution in [0.3, 0.4) is 0 Å². The summed E-state index contributed by atoms with van der Waals surface area (Å²) in [6.45, 7) is 3.31. The lowest BCUT2D eigenvalue weighted by atomic mass is 10.1. The molecule has 4 heteroatoms. The number of benzene rings is 1. The van der Waals surface area contributed by atoms with E-state index in [9.17, 15) is 0 Å². The Bertz CT molecular complexity index is 341. The molecule has 0 fully saturated rings. The Morgan fingerprint density at radius 3 is 2.53 bits per heavy atom. The summed E-state index contributed by atoms with van der Waals surface area (Å²) in [5.74, 6) is 1.60. The maximum absolute atomic E-state index is 5.45. The van der Waals surface area contributed by atoms with Gasteiger partial charge in [0, 0.05) is 18.2 Å². The topological polar surface area (TPSA) is 39.7 Å². The number of likely N-dealkylation sites (N-methyl/N-ethyl adjacent to an activating group) is 1. The van der Waals surface area contributed by atoms with E-state index in [1.807, 2.05) is 32.2 Å². The summed E-state index contributed by atoms with van der Waals surface area (Å²) in [4.78, 5) is 0. The van der Waals surface area contributed by atoms with Crippen molar-refractivity contribution in [3.63, 3.8) is 0 Å². The standard InChI is InChI=1S/C13H21NO3/c1-5-17-9-12(14-2)11-7-6-10(15-3)8-13(11)16-4/h6-8,12,14H,5,9H2,1-4H3. The van der Waals surface area contributed by atoms with Crippen molar-refractivity contribution in [2.75, 3.05) is 34.5 Å². The molecule has 0 aliphatic carbocycles. The van der Waals surface area contributed by atoms with Crippen LogP contribution in [0.1, 0.15) is 18.5 Å². The molecule has 1 unspecified atom stereocenters. The first kappa shape index (κ1) is 13.8. The maximum atomic E-state index is 5.45. The van der Waals surface area contributed by atoms with Crippen LogP contribution in [-0.2, 0) is 4.74 Å². The highest BCUT2D eigenvalue weighted by Gasteiger charge is 2.15. The normalized spacial score (nSPS) is 12.2. The van der Waals surface area contributed by atoms with Gasteiger partial charge in [-0.2, -0.15) is 0 Å². The van der Waals surface area contributed by atoms with Gasteiger partial charge < -0.3 is 19.5 Å². The lowest BCUT2D eigenvalue weighted by Gasteiger charge is -2.19. The Hall–Kier alpha value is -1.26. The van der Waals surface area contributed by atoms with Crippen LogP contribution >= 0.6 is 0 Å². The Morgan fingerprint density at radius 1 is 1.24 bits per heavy atom. The Kier molecular flexibility index (Phi) is 5.80. The summed E-state index contributed by atoms with van der Waals surface area (Å²) < 4.78 is 16.0. The molecule has 1 aromatic carbocycles. The molecular weight excluding hydrogens is 218 g/mol. The number of nitrogens with one attached hydrogen (secondary N) is 1. The van der Waals surface area contributed by atoms with Crippen LogP contribution in [0.2, 0.25) is 0 Å². The van der Waals surface area contributed by atoms with Gasteiger partial charge in [-0.15, -0.1) is 0 Å². The van der Waals surface area contributed by atoms with Crippen LogP contribution in [0.15, 0.2) is 18.2 Å². The van der Waals surface area contributed by atoms with Gasteiger partial charge in [0.05, 0.1) is 26.9 Å². The molecule has 1 atom stereocenters. The third-order valence-electron chi connectivity index (χ3n) is 2.65. The predicted molar refractivity (Wildman–Crippen MR) is 67.8 cm³/mol. The molecule has 1 aromatic rings. The quantitative estimate of drug-likeness (QED) is 0.790. The fourth-order valence-corrected chi connectivity index (χ4v) is 1.67. The monoisotopic (exact) mass is 239 g/mol. The van der Waals surface area contributed by atoms with Gasteiger partial charge in [0.2, 0.25) is 0 Å². The fourth-order valence-electron chi connectivity index (χ4n) is 1.67. The van der Waals surface area contributed by atoms with Crippen molar-refractivity contribution in [1.29, 1.82) is 0 Å². The molecular formula is C13H21NO3. The molecule has 17 heavy (non-hydrogen) atoms. The first-order valence-electron chi connectivity index (χ1n) is 5.73. The second-order valence-corrected chi connectivity index (χ2v) is 3.61. The number of rotatable bonds is 7. The summed E-state index contributed by atoms with van der Waals surface area (Å²) >= 11 is 0. The van der Waals surface area contributed by atoms with Gasteiger partial charge in [0.25, 0.3) is 0 Å². The number of methoxy groups -OCH3 is 2. The van der Waals surface area contributed by atoms with Crippen LogP contribution in [0.25, 0.3) is 0 Å². The first-order valence-corrected chi connectivity index (χ1v) is 5.73. The van der Waals surface area contributed by atoms with Crippen molar-refractivity contribution in [1.82, 2.24) is 5.32 Å². The third-order valence-corrected chi connectivity index (χ3v) is 2.65. The minimum absolute atomic E-state index is 0.121. The molecule has 0 aliphatic rings. The summed E-state index contributed by atoms with van der Waals surface area (Å²) in [6.07, 6.45) is 0. The van der Waals surface area contributed by atoms with E-state index in [-0.39, 0.29) is 6.04 Å².